The molecule has 4 atom stereocenters. The molecule has 2 aliphatic carbocycles. The number of nitrogens with one attached hydrogen (secondary N) is 1. The molecule has 0 aliphatic heterocycles. The van der Waals surface area contributed by atoms with Crippen molar-refractivity contribution in [1.82, 2.24) is 24.5 Å². The van der Waals surface area contributed by atoms with E-state index in [1.807, 2.05) is 6.07 Å². The third-order valence-corrected chi connectivity index (χ3v) is 9.37. The van der Waals surface area contributed by atoms with Crippen LogP contribution in [-0.2, 0) is 10.4 Å². The van der Waals surface area contributed by atoms with E-state index in [1.165, 1.54) is 16.6 Å². The Bertz CT molecular complexity index is 1630. The number of imidazole rings is 1. The van der Waals surface area contributed by atoms with Crippen molar-refractivity contribution < 1.29 is 18.7 Å². The number of aliphatic hydroxyl groups is 1. The zero-order valence-corrected chi connectivity index (χ0v) is 24.6. The Morgan fingerprint density at radius 3 is 2.53 bits per heavy atom. The molecule has 0 saturated heterocycles. The van der Waals surface area contributed by atoms with Crippen molar-refractivity contribution in [2.75, 3.05) is 12.4 Å². The maximum Gasteiger partial charge on any atom is 0.229 e. The smallest absolute Gasteiger partial charge is 0.229 e. The molecule has 0 bridgehead atoms. The Balaban J connectivity index is 1.30. The summed E-state index contributed by atoms with van der Waals surface area (Å²) in [5.41, 5.74) is 7.90. The Hall–Kier alpha value is -3.96. The molecule has 3 aromatic heterocycles. The summed E-state index contributed by atoms with van der Waals surface area (Å²) in [6, 6.07) is 7.43. The molecule has 4 aromatic rings. The maximum atomic E-state index is 15.4. The number of halogens is 2. The lowest BCUT2D eigenvalue weighted by Crippen LogP contribution is -2.54. The van der Waals surface area contributed by atoms with Gasteiger partial charge in [-0.05, 0) is 79.0 Å². The number of pyridine rings is 1. The summed E-state index contributed by atoms with van der Waals surface area (Å²) < 4.78 is 32.2. The van der Waals surface area contributed by atoms with Crippen LogP contribution in [0.2, 0.25) is 0 Å². The summed E-state index contributed by atoms with van der Waals surface area (Å²) in [6.45, 7) is 3.68. The fourth-order valence-corrected chi connectivity index (χ4v) is 7.13. The van der Waals surface area contributed by atoms with Crippen LogP contribution in [0.25, 0.3) is 16.8 Å². The summed E-state index contributed by atoms with van der Waals surface area (Å²) in [5.74, 6) is -0.877. The van der Waals surface area contributed by atoms with Crippen molar-refractivity contribution in [3.05, 3.63) is 71.7 Å². The molecular formula is C32H37F2N7O2. The standard InChI is InChI=1S/C32H37F2N7O2/c1-18-12-20(13-26(35)30(18)40(3)19(2)42)23-8-11-36-17-28(23)38-31-37-16-22-6-7-27(39-41(22)31)29-24(33)14-21(15-25(29)34)32(43)9-4-5-10-32/h6-8,11,14-18,20,26,30,43H,4-5,9-10,12-13,35H2,1-3H3,(H,37,38)/t18-,20+,26+,30-/m0/s1. The minimum atomic E-state index is -1.20. The molecule has 6 rings (SSSR count). The topological polar surface area (TPSA) is 122 Å². The van der Waals surface area contributed by atoms with E-state index in [4.69, 9.17) is 5.73 Å². The Labute approximate surface area is 249 Å². The number of carbonyl (C=O) groups is 1. The van der Waals surface area contributed by atoms with Gasteiger partial charge in [-0.3, -0.25) is 9.78 Å². The molecule has 4 N–H and O–H groups in total. The van der Waals surface area contributed by atoms with E-state index in [9.17, 15) is 9.90 Å². The summed E-state index contributed by atoms with van der Waals surface area (Å²) in [6.07, 6.45) is 9.22. The largest absolute Gasteiger partial charge is 0.385 e. The summed E-state index contributed by atoms with van der Waals surface area (Å²) in [7, 11) is 1.80. The minimum absolute atomic E-state index is 0.00287. The van der Waals surface area contributed by atoms with Gasteiger partial charge in [0.25, 0.3) is 0 Å². The molecule has 3 heterocycles. The first-order valence-corrected chi connectivity index (χ1v) is 14.8. The van der Waals surface area contributed by atoms with Crippen molar-refractivity contribution in [2.45, 2.75) is 76.0 Å². The summed E-state index contributed by atoms with van der Waals surface area (Å²) >= 11 is 0. The molecule has 1 aromatic carbocycles. The first kappa shape index (κ1) is 29.1. The van der Waals surface area contributed by atoms with E-state index in [1.54, 1.807) is 49.6 Å². The summed E-state index contributed by atoms with van der Waals surface area (Å²) in [4.78, 5) is 22.6. The zero-order valence-electron chi connectivity index (χ0n) is 24.6. The van der Waals surface area contributed by atoms with Gasteiger partial charge in [-0.2, -0.15) is 9.61 Å². The van der Waals surface area contributed by atoms with Gasteiger partial charge < -0.3 is 21.1 Å². The second-order valence-electron chi connectivity index (χ2n) is 12.2. The zero-order chi connectivity index (χ0) is 30.5. The molecule has 2 aliphatic rings. The van der Waals surface area contributed by atoms with Gasteiger partial charge in [-0.1, -0.05) is 19.8 Å². The fraction of sp³-hybridized carbons (Fsp3) is 0.438. The third kappa shape index (κ3) is 5.36. The van der Waals surface area contributed by atoms with Gasteiger partial charge in [0.15, 0.2) is 0 Å². The van der Waals surface area contributed by atoms with Gasteiger partial charge in [-0.15, -0.1) is 0 Å². The lowest BCUT2D eigenvalue weighted by molar-refractivity contribution is -0.131. The van der Waals surface area contributed by atoms with Gasteiger partial charge >= 0.3 is 0 Å². The van der Waals surface area contributed by atoms with Gasteiger partial charge in [0.1, 0.15) is 11.6 Å². The van der Waals surface area contributed by atoms with Gasteiger partial charge in [0.05, 0.1) is 40.5 Å². The number of carbonyl (C=O) groups excluding carboxylic acids is 1. The normalized spacial score (nSPS) is 23.4. The van der Waals surface area contributed by atoms with Crippen molar-refractivity contribution in [2.24, 2.45) is 11.7 Å². The van der Waals surface area contributed by atoms with Crippen LogP contribution in [0, 0.1) is 17.6 Å². The number of likely N-dealkylation sites (N-methyl/N-ethyl adjacent to an activating group) is 1. The molecule has 9 nitrogen and oxygen atoms in total. The number of fused-ring (bicyclic) bond motifs is 1. The predicted octanol–water partition coefficient (Wildman–Crippen LogP) is 5.26. The first-order valence-electron chi connectivity index (χ1n) is 14.8. The monoisotopic (exact) mass is 589 g/mol. The second-order valence-corrected chi connectivity index (χ2v) is 12.2. The van der Waals surface area contributed by atoms with E-state index in [0.29, 0.717) is 30.7 Å². The minimum Gasteiger partial charge on any atom is -0.385 e. The molecule has 43 heavy (non-hydrogen) atoms. The highest BCUT2D eigenvalue weighted by Gasteiger charge is 2.38. The van der Waals surface area contributed by atoms with E-state index >= 15 is 8.78 Å². The van der Waals surface area contributed by atoms with Gasteiger partial charge in [0, 0.05) is 32.3 Å². The number of benzene rings is 1. The molecule has 0 unspecified atom stereocenters. The van der Waals surface area contributed by atoms with Crippen molar-refractivity contribution in [3.8, 4) is 11.3 Å². The van der Waals surface area contributed by atoms with E-state index in [0.717, 1.165) is 30.5 Å². The van der Waals surface area contributed by atoms with Crippen LogP contribution in [0.1, 0.15) is 69.4 Å². The molecule has 11 heteroatoms. The number of rotatable bonds is 6. The van der Waals surface area contributed by atoms with Crippen LogP contribution in [-0.4, -0.2) is 54.6 Å². The molecule has 226 valence electrons. The summed E-state index contributed by atoms with van der Waals surface area (Å²) in [5, 5.41) is 18.8. The quantitative estimate of drug-likeness (QED) is 0.280. The number of anilines is 2. The Morgan fingerprint density at radius 2 is 1.86 bits per heavy atom. The van der Waals surface area contributed by atoms with Crippen LogP contribution in [0.5, 0.6) is 0 Å². The van der Waals surface area contributed by atoms with Crippen LogP contribution in [0.15, 0.2) is 48.9 Å². The van der Waals surface area contributed by atoms with Crippen molar-refractivity contribution in [1.29, 1.82) is 0 Å². The molecule has 0 spiro atoms. The Kier molecular flexibility index (Phi) is 7.64. The fourth-order valence-electron chi connectivity index (χ4n) is 7.13. The van der Waals surface area contributed by atoms with E-state index in [-0.39, 0.29) is 46.6 Å². The van der Waals surface area contributed by atoms with Gasteiger partial charge in [-0.25, -0.2) is 13.8 Å². The molecule has 2 saturated carbocycles. The number of nitrogens with two attached hydrogens (primary N) is 1. The average Bonchev–Trinajstić information content (AvgIpc) is 3.59. The molecular weight excluding hydrogens is 552 g/mol. The number of aromatic nitrogens is 4. The van der Waals surface area contributed by atoms with Crippen LogP contribution in [0.3, 0.4) is 0 Å². The average molecular weight is 590 g/mol. The first-order chi connectivity index (χ1) is 20.6. The molecule has 0 radical (unpaired) electrons. The van der Waals surface area contributed by atoms with Crippen LogP contribution >= 0.6 is 0 Å². The van der Waals surface area contributed by atoms with Crippen molar-refractivity contribution in [3.63, 3.8) is 0 Å². The number of hydrogen-bond donors (Lipinski definition) is 3. The van der Waals surface area contributed by atoms with E-state index in [2.05, 4.69) is 27.3 Å². The highest BCUT2D eigenvalue weighted by atomic mass is 19.1. The van der Waals surface area contributed by atoms with E-state index < -0.39 is 17.2 Å². The second kappa shape index (κ2) is 11.3. The Morgan fingerprint density at radius 1 is 1.14 bits per heavy atom. The van der Waals surface area contributed by atoms with Crippen LogP contribution < -0.4 is 11.1 Å². The SMILES string of the molecule is CC(=O)N(C)[C@@H]1[C@H](N)C[C@H](c2ccncc2Nc2ncc3ccc(-c4c(F)cc(C5(O)CCCC5)cc4F)nn23)C[C@@H]1C. The maximum absolute atomic E-state index is 15.4. The van der Waals surface area contributed by atoms with Crippen LogP contribution in [0.4, 0.5) is 20.4 Å². The molecule has 2 fully saturated rings. The third-order valence-electron chi connectivity index (χ3n) is 9.37. The predicted molar refractivity (Wildman–Crippen MR) is 160 cm³/mol. The van der Waals surface area contributed by atoms with Crippen molar-refractivity contribution >= 4 is 23.1 Å². The highest BCUT2D eigenvalue weighted by molar-refractivity contribution is 5.73. The highest BCUT2D eigenvalue weighted by Crippen LogP contribution is 2.42. The lowest BCUT2D eigenvalue weighted by atomic mass is 9.73. The lowest BCUT2D eigenvalue weighted by Gasteiger charge is -2.43. The number of hydrogen-bond acceptors (Lipinski definition) is 7. The van der Waals surface area contributed by atoms with Gasteiger partial charge in [0.2, 0.25) is 11.9 Å². The molecule has 1 amide bonds. The number of amides is 1. The number of nitrogens with zero attached hydrogens (tertiary/aromatic N) is 5.